The fourth-order valence-corrected chi connectivity index (χ4v) is 3.63. The van der Waals surface area contributed by atoms with E-state index in [4.69, 9.17) is 15.2 Å². The Morgan fingerprint density at radius 2 is 1.77 bits per heavy atom. The normalized spacial score (nSPS) is 12.5. The number of aromatic nitrogens is 2. The third kappa shape index (κ3) is 5.16. The van der Waals surface area contributed by atoms with Crippen LogP contribution in [0.2, 0.25) is 25.7 Å². The highest BCUT2D eigenvalue weighted by atomic mass is 28.3. The van der Waals surface area contributed by atoms with Crippen LogP contribution < -0.4 is 10.5 Å². The summed E-state index contributed by atoms with van der Waals surface area (Å²) in [5.41, 5.74) is 3.79. The number of alkyl halides is 3. The third-order valence-corrected chi connectivity index (χ3v) is 6.25. The lowest BCUT2D eigenvalue weighted by molar-refractivity contribution is -0.136. The smallest absolute Gasteiger partial charge is 0.418 e. The number of fused-ring (bicyclic) bond motifs is 1. The van der Waals surface area contributed by atoms with Gasteiger partial charge in [0, 0.05) is 27.1 Å². The van der Waals surface area contributed by atoms with Crippen molar-refractivity contribution >= 4 is 24.8 Å². The molecule has 0 unspecified atom stereocenters. The van der Waals surface area contributed by atoms with Crippen LogP contribution in [0.4, 0.5) is 27.6 Å². The highest BCUT2D eigenvalue weighted by molar-refractivity contribution is 6.76. The molecule has 31 heavy (non-hydrogen) atoms. The van der Waals surface area contributed by atoms with Gasteiger partial charge < -0.3 is 19.8 Å². The number of hydrogen-bond acceptors (Lipinski definition) is 4. The average molecular weight is 459 g/mol. The minimum atomic E-state index is -4.73. The highest BCUT2D eigenvalue weighted by Gasteiger charge is 2.36. The number of rotatable bonds is 7. The summed E-state index contributed by atoms with van der Waals surface area (Å²) in [6.07, 6.45) is -2.63. The van der Waals surface area contributed by atoms with Gasteiger partial charge in [-0.05, 0) is 24.2 Å². The molecule has 11 heteroatoms. The lowest BCUT2D eigenvalue weighted by atomic mass is 10.2. The Balaban J connectivity index is 2.00. The minimum absolute atomic E-state index is 0.0471. The number of halogens is 5. The van der Waals surface area contributed by atoms with Crippen molar-refractivity contribution < 1.29 is 31.4 Å². The number of anilines is 1. The summed E-state index contributed by atoms with van der Waals surface area (Å²) < 4.78 is 81.1. The summed E-state index contributed by atoms with van der Waals surface area (Å²) in [6, 6.07) is 4.11. The first-order chi connectivity index (χ1) is 14.4. The Morgan fingerprint density at radius 3 is 2.42 bits per heavy atom. The number of hydrogen-bond donors (Lipinski definition) is 1. The van der Waals surface area contributed by atoms with Crippen molar-refractivity contribution in [1.29, 1.82) is 0 Å². The number of nitrogen functional groups attached to an aromatic ring is 1. The molecular formula is C20H22F5N3O2Si. The van der Waals surface area contributed by atoms with Crippen LogP contribution in [0.5, 0.6) is 11.5 Å². The standard InChI is InChI=1S/C20H22F5N3O2Si/c1-31(2,3)9-8-29-11-28-10-12(20(23,24)25)16-14(6-7-27-19(16)28)30-15-5-4-13(26)17(21)18(15)22/h4-7,10H,8-9,11,26H2,1-3H3. The van der Waals surface area contributed by atoms with E-state index in [1.54, 1.807) is 0 Å². The third-order valence-electron chi connectivity index (χ3n) is 4.55. The Labute approximate surface area is 176 Å². The Bertz CT molecular complexity index is 1090. The zero-order valence-corrected chi connectivity index (χ0v) is 18.2. The van der Waals surface area contributed by atoms with Gasteiger partial charge in [-0.15, -0.1) is 0 Å². The SMILES string of the molecule is C[Si](C)(C)CCOCn1cc(C(F)(F)F)c2c(Oc3ccc(N)c(F)c3F)ccnc21. The van der Waals surface area contributed by atoms with Crippen molar-refractivity contribution in [2.24, 2.45) is 0 Å². The quantitative estimate of drug-likeness (QED) is 0.203. The number of nitrogens with two attached hydrogens (primary N) is 1. The van der Waals surface area contributed by atoms with E-state index in [0.29, 0.717) is 6.61 Å². The molecule has 2 N–H and O–H groups in total. The van der Waals surface area contributed by atoms with E-state index in [9.17, 15) is 22.0 Å². The van der Waals surface area contributed by atoms with Gasteiger partial charge in [0.25, 0.3) is 0 Å². The molecule has 5 nitrogen and oxygen atoms in total. The molecule has 0 atom stereocenters. The minimum Gasteiger partial charge on any atom is -0.453 e. The van der Waals surface area contributed by atoms with E-state index in [1.807, 2.05) is 0 Å². The van der Waals surface area contributed by atoms with Gasteiger partial charge in [-0.25, -0.2) is 9.37 Å². The van der Waals surface area contributed by atoms with Crippen LogP contribution in [0.15, 0.2) is 30.6 Å². The summed E-state index contributed by atoms with van der Waals surface area (Å²) >= 11 is 0. The second-order valence-electron chi connectivity index (χ2n) is 8.25. The molecular weight excluding hydrogens is 437 g/mol. The molecule has 0 saturated carbocycles. The van der Waals surface area contributed by atoms with E-state index in [2.05, 4.69) is 24.6 Å². The molecule has 0 saturated heterocycles. The molecule has 0 bridgehead atoms. The lowest BCUT2D eigenvalue weighted by Gasteiger charge is -2.15. The van der Waals surface area contributed by atoms with E-state index < -0.39 is 42.9 Å². The number of benzene rings is 1. The average Bonchev–Trinajstić information content (AvgIpc) is 3.05. The first-order valence-corrected chi connectivity index (χ1v) is 13.1. The maximum Gasteiger partial charge on any atom is 0.418 e. The molecule has 0 radical (unpaired) electrons. The van der Waals surface area contributed by atoms with E-state index >= 15 is 0 Å². The van der Waals surface area contributed by atoms with Crippen molar-refractivity contribution in [2.45, 2.75) is 38.6 Å². The molecule has 0 aliphatic rings. The van der Waals surface area contributed by atoms with E-state index in [0.717, 1.165) is 30.4 Å². The van der Waals surface area contributed by atoms with Crippen LogP contribution in [0, 0.1) is 11.6 Å². The molecule has 0 spiro atoms. The monoisotopic (exact) mass is 459 g/mol. The first-order valence-electron chi connectivity index (χ1n) is 9.42. The van der Waals surface area contributed by atoms with Crippen LogP contribution in [-0.4, -0.2) is 24.2 Å². The fourth-order valence-electron chi connectivity index (χ4n) is 2.87. The van der Waals surface area contributed by atoms with Gasteiger partial charge in [0.2, 0.25) is 5.82 Å². The first kappa shape index (κ1) is 23.0. The Hall–Kier alpha value is -2.66. The molecule has 2 aromatic heterocycles. The molecule has 3 aromatic rings. The molecule has 0 aliphatic heterocycles. The summed E-state index contributed by atoms with van der Waals surface area (Å²) in [4.78, 5) is 4.02. The molecule has 0 amide bonds. The molecule has 168 valence electrons. The zero-order valence-electron chi connectivity index (χ0n) is 17.2. The van der Waals surface area contributed by atoms with Crippen LogP contribution in [0.25, 0.3) is 11.0 Å². The maximum absolute atomic E-state index is 14.1. The number of pyridine rings is 1. The van der Waals surface area contributed by atoms with Crippen molar-refractivity contribution in [3.05, 3.63) is 47.8 Å². The number of nitrogens with zero attached hydrogens (tertiary/aromatic N) is 2. The predicted octanol–water partition coefficient (Wildman–Crippen LogP) is 6.02. The topological polar surface area (TPSA) is 62.3 Å². The summed E-state index contributed by atoms with van der Waals surface area (Å²) in [6.45, 7) is 6.75. The van der Waals surface area contributed by atoms with Gasteiger partial charge in [-0.1, -0.05) is 19.6 Å². The number of ether oxygens (including phenoxy) is 2. The fraction of sp³-hybridized carbons (Fsp3) is 0.350. The second-order valence-corrected chi connectivity index (χ2v) is 13.9. The maximum atomic E-state index is 14.1. The Kier molecular flexibility index (Phi) is 6.28. The Morgan fingerprint density at radius 1 is 1.06 bits per heavy atom. The highest BCUT2D eigenvalue weighted by Crippen LogP contribution is 2.41. The van der Waals surface area contributed by atoms with Gasteiger partial charge in [0.15, 0.2) is 11.6 Å². The van der Waals surface area contributed by atoms with Crippen LogP contribution in [-0.2, 0) is 17.6 Å². The van der Waals surface area contributed by atoms with Crippen molar-refractivity contribution in [2.75, 3.05) is 12.3 Å². The molecule has 2 heterocycles. The lowest BCUT2D eigenvalue weighted by Crippen LogP contribution is -2.22. The largest absolute Gasteiger partial charge is 0.453 e. The summed E-state index contributed by atoms with van der Waals surface area (Å²) in [5.74, 6) is -3.65. The van der Waals surface area contributed by atoms with Gasteiger partial charge in [-0.3, -0.25) is 0 Å². The van der Waals surface area contributed by atoms with Gasteiger partial charge in [0.1, 0.15) is 18.1 Å². The van der Waals surface area contributed by atoms with Gasteiger partial charge in [0.05, 0.1) is 16.6 Å². The summed E-state index contributed by atoms with van der Waals surface area (Å²) in [5, 5.41) is -0.375. The van der Waals surface area contributed by atoms with E-state index in [1.165, 1.54) is 10.8 Å². The summed E-state index contributed by atoms with van der Waals surface area (Å²) in [7, 11) is -1.37. The van der Waals surface area contributed by atoms with Gasteiger partial charge >= 0.3 is 6.18 Å². The van der Waals surface area contributed by atoms with Crippen molar-refractivity contribution in [3.8, 4) is 11.5 Å². The van der Waals surface area contributed by atoms with Crippen LogP contribution >= 0.6 is 0 Å². The van der Waals surface area contributed by atoms with Crippen molar-refractivity contribution in [3.63, 3.8) is 0 Å². The van der Waals surface area contributed by atoms with Crippen LogP contribution in [0.3, 0.4) is 0 Å². The molecule has 3 rings (SSSR count). The molecule has 0 fully saturated rings. The molecule has 1 aromatic carbocycles. The van der Waals surface area contributed by atoms with Gasteiger partial charge in [-0.2, -0.15) is 17.6 Å². The zero-order chi connectivity index (χ0) is 23.0. The van der Waals surface area contributed by atoms with E-state index in [-0.39, 0.29) is 23.5 Å². The predicted molar refractivity (Wildman–Crippen MR) is 110 cm³/mol. The van der Waals surface area contributed by atoms with Crippen molar-refractivity contribution in [1.82, 2.24) is 9.55 Å². The molecule has 0 aliphatic carbocycles. The van der Waals surface area contributed by atoms with Crippen LogP contribution in [0.1, 0.15) is 5.56 Å². The second kappa shape index (κ2) is 8.46.